The number of methoxy groups -OCH3 is 2. The molecule has 0 spiro atoms. The summed E-state index contributed by atoms with van der Waals surface area (Å²) in [5, 5.41) is 3.12. The fourth-order valence-electron chi connectivity index (χ4n) is 3.87. The summed E-state index contributed by atoms with van der Waals surface area (Å²) in [6, 6.07) is 15.8. The molecule has 1 amide bonds. The molecule has 2 aromatic rings. The first-order chi connectivity index (χ1) is 13.1. The maximum Gasteiger partial charge on any atom is 0.251 e. The Labute approximate surface area is 161 Å². The molecule has 0 radical (unpaired) electrons. The van der Waals surface area contributed by atoms with E-state index in [1.807, 2.05) is 24.3 Å². The Balaban J connectivity index is 1.67. The van der Waals surface area contributed by atoms with Gasteiger partial charge in [0.2, 0.25) is 0 Å². The second kappa shape index (κ2) is 8.91. The van der Waals surface area contributed by atoms with Gasteiger partial charge in [0, 0.05) is 18.2 Å². The number of nitrogens with one attached hydrogen (secondary N) is 1. The number of rotatable bonds is 6. The van der Waals surface area contributed by atoms with Crippen molar-refractivity contribution in [1.29, 1.82) is 0 Å². The van der Waals surface area contributed by atoms with Crippen LogP contribution in [0.2, 0.25) is 0 Å². The average molecular weight is 368 g/mol. The van der Waals surface area contributed by atoms with Crippen molar-refractivity contribution < 1.29 is 14.3 Å². The fraction of sp³-hybridized carbons (Fsp3) is 0.409. The van der Waals surface area contributed by atoms with E-state index in [2.05, 4.69) is 29.4 Å². The highest BCUT2D eigenvalue weighted by Crippen LogP contribution is 2.35. The van der Waals surface area contributed by atoms with E-state index in [0.717, 1.165) is 30.9 Å². The fourth-order valence-corrected chi connectivity index (χ4v) is 3.87. The van der Waals surface area contributed by atoms with E-state index >= 15 is 0 Å². The zero-order valence-corrected chi connectivity index (χ0v) is 16.3. The lowest BCUT2D eigenvalue weighted by Crippen LogP contribution is -2.41. The number of likely N-dealkylation sites (tertiary alicyclic amines) is 1. The predicted molar refractivity (Wildman–Crippen MR) is 106 cm³/mol. The zero-order valence-electron chi connectivity index (χ0n) is 16.3. The summed E-state index contributed by atoms with van der Waals surface area (Å²) >= 11 is 0. The Morgan fingerprint density at radius 3 is 2.22 bits per heavy atom. The third kappa shape index (κ3) is 4.61. The van der Waals surface area contributed by atoms with Crippen molar-refractivity contribution in [3.05, 3.63) is 59.7 Å². The molecule has 0 aromatic heterocycles. The minimum absolute atomic E-state index is 0.0423. The minimum Gasteiger partial charge on any atom is -0.497 e. The standard InChI is InChI=1S/C22H28N2O3/c1-24-14-4-5-18(21(24)16-6-10-19(26-2)11-7-16)15-23-22(25)17-8-12-20(27-3)13-9-17/h6-13,18,21H,4-5,14-15H2,1-3H3,(H,23,25). The van der Waals surface area contributed by atoms with Crippen molar-refractivity contribution in [3.63, 3.8) is 0 Å². The van der Waals surface area contributed by atoms with Crippen LogP contribution in [0.1, 0.15) is 34.8 Å². The van der Waals surface area contributed by atoms with Crippen molar-refractivity contribution in [1.82, 2.24) is 10.2 Å². The molecule has 27 heavy (non-hydrogen) atoms. The molecule has 1 N–H and O–H groups in total. The molecule has 1 heterocycles. The van der Waals surface area contributed by atoms with Crippen molar-refractivity contribution >= 4 is 5.91 Å². The van der Waals surface area contributed by atoms with E-state index in [0.29, 0.717) is 24.1 Å². The molecule has 2 atom stereocenters. The Kier molecular flexibility index (Phi) is 6.35. The third-order valence-electron chi connectivity index (χ3n) is 5.34. The van der Waals surface area contributed by atoms with Crippen LogP contribution in [0.15, 0.2) is 48.5 Å². The molecule has 1 saturated heterocycles. The second-order valence-electron chi connectivity index (χ2n) is 7.04. The summed E-state index contributed by atoms with van der Waals surface area (Å²) in [5.74, 6) is 1.94. The van der Waals surface area contributed by atoms with Gasteiger partial charge in [-0.1, -0.05) is 12.1 Å². The lowest BCUT2D eigenvalue weighted by molar-refractivity contribution is 0.0891. The van der Waals surface area contributed by atoms with E-state index in [1.54, 1.807) is 26.4 Å². The Morgan fingerprint density at radius 2 is 1.63 bits per heavy atom. The van der Waals surface area contributed by atoms with Crippen molar-refractivity contribution in [2.24, 2.45) is 5.92 Å². The van der Waals surface area contributed by atoms with Crippen LogP contribution in [0.4, 0.5) is 0 Å². The largest absolute Gasteiger partial charge is 0.497 e. The van der Waals surface area contributed by atoms with Crippen LogP contribution in [-0.2, 0) is 0 Å². The third-order valence-corrected chi connectivity index (χ3v) is 5.34. The molecular weight excluding hydrogens is 340 g/mol. The van der Waals surface area contributed by atoms with Gasteiger partial charge in [0.25, 0.3) is 5.91 Å². The van der Waals surface area contributed by atoms with Gasteiger partial charge in [-0.3, -0.25) is 9.69 Å². The molecule has 5 nitrogen and oxygen atoms in total. The smallest absolute Gasteiger partial charge is 0.251 e. The molecular formula is C22H28N2O3. The van der Waals surface area contributed by atoms with Crippen molar-refractivity contribution in [2.45, 2.75) is 18.9 Å². The molecule has 3 rings (SSSR count). The van der Waals surface area contributed by atoms with Crippen LogP contribution in [0.25, 0.3) is 0 Å². The number of hydrogen-bond donors (Lipinski definition) is 1. The summed E-state index contributed by atoms with van der Waals surface area (Å²) in [6.07, 6.45) is 2.25. The topological polar surface area (TPSA) is 50.8 Å². The minimum atomic E-state index is -0.0423. The number of carbonyl (C=O) groups excluding carboxylic acids is 1. The van der Waals surface area contributed by atoms with Gasteiger partial charge in [0.1, 0.15) is 11.5 Å². The van der Waals surface area contributed by atoms with Gasteiger partial charge in [0.15, 0.2) is 0 Å². The first-order valence-corrected chi connectivity index (χ1v) is 9.39. The molecule has 0 aliphatic carbocycles. The van der Waals surface area contributed by atoms with Crippen LogP contribution < -0.4 is 14.8 Å². The zero-order chi connectivity index (χ0) is 19.2. The Bertz CT molecular complexity index is 743. The summed E-state index contributed by atoms with van der Waals surface area (Å²) in [4.78, 5) is 14.9. The number of amides is 1. The lowest BCUT2D eigenvalue weighted by atomic mass is 9.85. The summed E-state index contributed by atoms with van der Waals surface area (Å²) < 4.78 is 10.4. The number of hydrogen-bond acceptors (Lipinski definition) is 4. The van der Waals surface area contributed by atoms with Gasteiger partial charge in [-0.15, -0.1) is 0 Å². The van der Waals surface area contributed by atoms with Crippen molar-refractivity contribution in [2.75, 3.05) is 34.4 Å². The van der Waals surface area contributed by atoms with Crippen LogP contribution in [0.3, 0.4) is 0 Å². The van der Waals surface area contributed by atoms with Gasteiger partial charge < -0.3 is 14.8 Å². The molecule has 2 aromatic carbocycles. The van der Waals surface area contributed by atoms with Gasteiger partial charge in [-0.2, -0.15) is 0 Å². The van der Waals surface area contributed by atoms with E-state index in [1.165, 1.54) is 5.56 Å². The van der Waals surface area contributed by atoms with E-state index in [9.17, 15) is 4.79 Å². The van der Waals surface area contributed by atoms with Gasteiger partial charge >= 0.3 is 0 Å². The van der Waals surface area contributed by atoms with Crippen LogP contribution in [0.5, 0.6) is 11.5 Å². The van der Waals surface area contributed by atoms with Crippen LogP contribution in [0, 0.1) is 5.92 Å². The SMILES string of the molecule is COc1ccc(C(=O)NCC2CCCN(C)C2c2ccc(OC)cc2)cc1. The molecule has 5 heteroatoms. The quantitative estimate of drug-likeness (QED) is 0.848. The number of ether oxygens (including phenoxy) is 2. The first kappa shape index (κ1) is 19.2. The predicted octanol–water partition coefficient (Wildman–Crippen LogP) is 3.52. The highest BCUT2D eigenvalue weighted by Gasteiger charge is 2.30. The second-order valence-corrected chi connectivity index (χ2v) is 7.04. The normalized spacial score (nSPS) is 20.1. The van der Waals surface area contributed by atoms with Crippen LogP contribution >= 0.6 is 0 Å². The van der Waals surface area contributed by atoms with Gasteiger partial charge in [0.05, 0.1) is 14.2 Å². The summed E-state index contributed by atoms with van der Waals surface area (Å²) in [5.41, 5.74) is 1.92. The maximum atomic E-state index is 12.5. The van der Waals surface area contributed by atoms with Crippen LogP contribution in [-0.4, -0.2) is 45.2 Å². The lowest BCUT2D eigenvalue weighted by Gasteiger charge is -2.39. The van der Waals surface area contributed by atoms with E-state index in [-0.39, 0.29) is 5.91 Å². The summed E-state index contributed by atoms with van der Waals surface area (Å²) in [6.45, 7) is 1.73. The Morgan fingerprint density at radius 1 is 1.04 bits per heavy atom. The molecule has 1 aliphatic rings. The summed E-state index contributed by atoms with van der Waals surface area (Å²) in [7, 11) is 5.46. The molecule has 1 aliphatic heterocycles. The van der Waals surface area contributed by atoms with E-state index < -0.39 is 0 Å². The number of carbonyl (C=O) groups is 1. The van der Waals surface area contributed by atoms with Gasteiger partial charge in [-0.25, -0.2) is 0 Å². The highest BCUT2D eigenvalue weighted by atomic mass is 16.5. The monoisotopic (exact) mass is 368 g/mol. The number of nitrogens with zero attached hydrogens (tertiary/aromatic N) is 1. The number of benzene rings is 2. The number of piperidine rings is 1. The molecule has 0 saturated carbocycles. The first-order valence-electron chi connectivity index (χ1n) is 9.39. The van der Waals surface area contributed by atoms with Crippen molar-refractivity contribution in [3.8, 4) is 11.5 Å². The maximum absolute atomic E-state index is 12.5. The van der Waals surface area contributed by atoms with Gasteiger partial charge in [-0.05, 0) is 74.3 Å². The molecule has 2 unspecified atom stereocenters. The highest BCUT2D eigenvalue weighted by molar-refractivity contribution is 5.94. The molecule has 1 fully saturated rings. The molecule has 144 valence electrons. The van der Waals surface area contributed by atoms with E-state index in [4.69, 9.17) is 9.47 Å². The Hall–Kier alpha value is -2.53. The average Bonchev–Trinajstić information content (AvgIpc) is 2.72. The molecule has 0 bridgehead atoms.